The first-order valence-electron chi connectivity index (χ1n) is 5.12. The number of hydrogen-bond donors (Lipinski definition) is 4. The van der Waals surface area contributed by atoms with Gasteiger partial charge in [-0.25, -0.2) is 12.8 Å². The lowest BCUT2D eigenvalue weighted by atomic mass is 10.1. The summed E-state index contributed by atoms with van der Waals surface area (Å²) in [6, 6.07) is 3.38. The van der Waals surface area contributed by atoms with Gasteiger partial charge in [0.2, 0.25) is 10.0 Å². The first kappa shape index (κ1) is 16.3. The van der Waals surface area contributed by atoms with E-state index < -0.39 is 46.1 Å². The Morgan fingerprint density at radius 3 is 2.21 bits per heavy atom. The van der Waals surface area contributed by atoms with E-state index in [0.29, 0.717) is 0 Å². The topological polar surface area (TPSA) is 107 Å². The summed E-state index contributed by atoms with van der Waals surface area (Å²) < 4.78 is 39.4. The smallest absolute Gasteiger partial charge is 0.244 e. The van der Waals surface area contributed by atoms with Gasteiger partial charge in [-0.2, -0.15) is 4.72 Å². The van der Waals surface area contributed by atoms with Gasteiger partial charge in [-0.15, -0.1) is 0 Å². The molecule has 19 heavy (non-hydrogen) atoms. The summed E-state index contributed by atoms with van der Waals surface area (Å²) in [7, 11) is -4.40. The largest absolute Gasteiger partial charge is 0.394 e. The molecule has 0 saturated heterocycles. The fourth-order valence-electron chi connectivity index (χ4n) is 1.28. The Balaban J connectivity index is 3.22. The van der Waals surface area contributed by atoms with E-state index in [4.69, 9.17) is 26.9 Å². The van der Waals surface area contributed by atoms with Gasteiger partial charge in [-0.3, -0.25) is 0 Å². The van der Waals surface area contributed by atoms with Crippen LogP contribution in [0, 0.1) is 5.82 Å². The second-order valence-electron chi connectivity index (χ2n) is 3.91. The molecule has 1 aromatic carbocycles. The minimum absolute atomic E-state index is 0.384. The number of hydrogen-bond acceptors (Lipinski definition) is 5. The van der Waals surface area contributed by atoms with Crippen LogP contribution in [0.1, 0.15) is 0 Å². The number of benzene rings is 1. The maximum absolute atomic E-state index is 13.6. The van der Waals surface area contributed by atoms with Crippen molar-refractivity contribution in [3.8, 4) is 0 Å². The van der Waals surface area contributed by atoms with Crippen LogP contribution in [0.4, 0.5) is 4.39 Å². The van der Waals surface area contributed by atoms with Gasteiger partial charge in [0.15, 0.2) is 5.82 Å². The van der Waals surface area contributed by atoms with Crippen LogP contribution in [0.2, 0.25) is 5.02 Å². The standard InChI is InChI=1S/C10H13ClFNO5S/c11-7-2-1-3-8(9(7)12)19(17,18)13-10(4-14,5-15)6-16/h1-3,13-16H,4-6H2. The van der Waals surface area contributed by atoms with E-state index in [1.165, 1.54) is 12.1 Å². The minimum Gasteiger partial charge on any atom is -0.394 e. The fraction of sp³-hybridized carbons (Fsp3) is 0.400. The Labute approximate surface area is 114 Å². The minimum atomic E-state index is -4.40. The first-order chi connectivity index (χ1) is 8.82. The van der Waals surface area contributed by atoms with E-state index in [1.54, 1.807) is 0 Å². The lowest BCUT2D eigenvalue weighted by Gasteiger charge is -2.28. The van der Waals surface area contributed by atoms with Crippen LogP contribution in [0.25, 0.3) is 0 Å². The number of nitrogens with one attached hydrogen (secondary N) is 1. The summed E-state index contributed by atoms with van der Waals surface area (Å²) >= 11 is 5.48. The van der Waals surface area contributed by atoms with Crippen molar-refractivity contribution in [3.63, 3.8) is 0 Å². The highest BCUT2D eigenvalue weighted by molar-refractivity contribution is 7.89. The first-order valence-corrected chi connectivity index (χ1v) is 6.98. The van der Waals surface area contributed by atoms with Crippen LogP contribution in [-0.2, 0) is 10.0 Å². The third kappa shape index (κ3) is 3.41. The Morgan fingerprint density at radius 2 is 1.74 bits per heavy atom. The van der Waals surface area contributed by atoms with Crippen molar-refractivity contribution in [3.05, 3.63) is 29.0 Å². The maximum Gasteiger partial charge on any atom is 0.244 e. The number of aliphatic hydroxyl groups excluding tert-OH is 3. The molecule has 0 saturated carbocycles. The number of halogens is 2. The highest BCUT2D eigenvalue weighted by Crippen LogP contribution is 2.22. The van der Waals surface area contributed by atoms with Crippen LogP contribution in [0.15, 0.2) is 23.1 Å². The summed E-state index contributed by atoms with van der Waals surface area (Å²) in [4.78, 5) is -0.736. The molecule has 0 radical (unpaired) electrons. The second kappa shape index (κ2) is 6.12. The molecule has 6 nitrogen and oxygen atoms in total. The van der Waals surface area contributed by atoms with Crippen LogP contribution in [0.5, 0.6) is 0 Å². The maximum atomic E-state index is 13.6. The van der Waals surface area contributed by atoms with Gasteiger partial charge in [0.1, 0.15) is 10.4 Å². The highest BCUT2D eigenvalue weighted by atomic mass is 35.5. The predicted molar refractivity (Wildman–Crippen MR) is 65.7 cm³/mol. The molecular formula is C10H13ClFNO5S. The molecule has 9 heteroatoms. The Morgan fingerprint density at radius 1 is 1.21 bits per heavy atom. The third-order valence-electron chi connectivity index (χ3n) is 2.46. The molecule has 108 valence electrons. The zero-order valence-electron chi connectivity index (χ0n) is 9.68. The molecule has 0 aliphatic rings. The van der Waals surface area contributed by atoms with E-state index in [2.05, 4.69) is 0 Å². The molecule has 0 aliphatic carbocycles. The van der Waals surface area contributed by atoms with E-state index >= 15 is 0 Å². The van der Waals surface area contributed by atoms with Crippen molar-refractivity contribution in [2.45, 2.75) is 10.4 Å². The van der Waals surface area contributed by atoms with Gasteiger partial charge in [-0.05, 0) is 12.1 Å². The van der Waals surface area contributed by atoms with Gasteiger partial charge in [0.05, 0.1) is 24.8 Å². The molecule has 0 atom stereocenters. The van der Waals surface area contributed by atoms with E-state index in [9.17, 15) is 12.8 Å². The summed E-state index contributed by atoms with van der Waals surface area (Å²) in [6.45, 7) is -2.58. The predicted octanol–water partition coefficient (Wildman–Crippen LogP) is -0.527. The number of rotatable bonds is 6. The molecule has 0 bridgehead atoms. The molecule has 0 unspecified atom stereocenters. The molecule has 0 heterocycles. The van der Waals surface area contributed by atoms with Crippen LogP contribution < -0.4 is 4.72 Å². The molecule has 0 amide bonds. The summed E-state index contributed by atoms with van der Waals surface area (Å²) in [5.74, 6) is -1.15. The van der Waals surface area contributed by atoms with Gasteiger partial charge in [-0.1, -0.05) is 17.7 Å². The molecule has 4 N–H and O–H groups in total. The molecule has 0 aliphatic heterocycles. The Kier molecular flexibility index (Phi) is 5.25. The average molecular weight is 314 g/mol. The fourth-order valence-corrected chi connectivity index (χ4v) is 2.99. The van der Waals surface area contributed by atoms with E-state index in [0.717, 1.165) is 6.07 Å². The number of sulfonamides is 1. The van der Waals surface area contributed by atoms with Crippen molar-refractivity contribution >= 4 is 21.6 Å². The normalized spacial score (nSPS) is 12.7. The van der Waals surface area contributed by atoms with Gasteiger partial charge >= 0.3 is 0 Å². The molecular weight excluding hydrogens is 301 g/mol. The molecule has 0 aromatic heterocycles. The van der Waals surface area contributed by atoms with Crippen molar-refractivity contribution in [2.24, 2.45) is 0 Å². The number of aliphatic hydroxyl groups is 3. The van der Waals surface area contributed by atoms with E-state index in [1.807, 2.05) is 4.72 Å². The van der Waals surface area contributed by atoms with Crippen LogP contribution in [-0.4, -0.2) is 49.1 Å². The third-order valence-corrected chi connectivity index (χ3v) is 4.35. The molecule has 1 rings (SSSR count). The average Bonchev–Trinajstić information content (AvgIpc) is 2.39. The van der Waals surface area contributed by atoms with Crippen molar-refractivity contribution < 1.29 is 28.1 Å². The Bertz CT molecular complexity index is 539. The zero-order valence-corrected chi connectivity index (χ0v) is 11.2. The monoisotopic (exact) mass is 313 g/mol. The van der Waals surface area contributed by atoms with E-state index in [-0.39, 0.29) is 5.02 Å². The lowest BCUT2D eigenvalue weighted by Crippen LogP contribution is -2.56. The lowest BCUT2D eigenvalue weighted by molar-refractivity contribution is 0.0581. The van der Waals surface area contributed by atoms with Gasteiger partial charge in [0, 0.05) is 0 Å². The summed E-state index contributed by atoms with van der Waals surface area (Å²) in [6.07, 6.45) is 0. The van der Waals surface area contributed by atoms with Gasteiger partial charge in [0.25, 0.3) is 0 Å². The van der Waals surface area contributed by atoms with Crippen molar-refractivity contribution in [2.75, 3.05) is 19.8 Å². The van der Waals surface area contributed by atoms with Crippen LogP contribution in [0.3, 0.4) is 0 Å². The zero-order chi connectivity index (χ0) is 14.7. The molecule has 1 aromatic rings. The Hall–Kier alpha value is -0.770. The SMILES string of the molecule is O=S(=O)(NC(CO)(CO)CO)c1cccc(Cl)c1F. The quantitative estimate of drug-likeness (QED) is 0.565. The molecule has 0 fully saturated rings. The second-order valence-corrected chi connectivity index (χ2v) is 5.97. The summed E-state index contributed by atoms with van der Waals surface area (Å²) in [5.41, 5.74) is -1.88. The highest BCUT2D eigenvalue weighted by Gasteiger charge is 2.35. The van der Waals surface area contributed by atoms with Gasteiger partial charge < -0.3 is 15.3 Å². The van der Waals surface area contributed by atoms with Crippen molar-refractivity contribution in [1.82, 2.24) is 4.72 Å². The summed E-state index contributed by atoms with van der Waals surface area (Å²) in [5, 5.41) is 26.7. The van der Waals surface area contributed by atoms with Crippen LogP contribution >= 0.6 is 11.6 Å². The molecule has 0 spiro atoms. The van der Waals surface area contributed by atoms with Crippen molar-refractivity contribution in [1.29, 1.82) is 0 Å².